The maximum atomic E-state index is 13.5. The van der Waals surface area contributed by atoms with E-state index in [2.05, 4.69) is 15.3 Å². The Hall–Kier alpha value is -1.72. The van der Waals surface area contributed by atoms with E-state index in [-0.39, 0.29) is 11.5 Å². The molecule has 5 nitrogen and oxygen atoms in total. The van der Waals surface area contributed by atoms with Gasteiger partial charge in [-0.3, -0.25) is 4.79 Å². The fourth-order valence-corrected chi connectivity index (χ4v) is 0.903. The molecule has 82 valence electrons. The van der Waals surface area contributed by atoms with E-state index >= 15 is 0 Å². The van der Waals surface area contributed by atoms with Crippen LogP contribution in [0.1, 0.15) is 19.5 Å². The first-order valence-electron chi connectivity index (χ1n) is 4.40. The Morgan fingerprint density at radius 3 is 2.67 bits per heavy atom. The molecule has 0 fully saturated rings. The number of aromatic nitrogens is 2. The monoisotopic (exact) mass is 212 g/mol. The Morgan fingerprint density at radius 2 is 2.13 bits per heavy atom. The van der Waals surface area contributed by atoms with Gasteiger partial charge in [-0.2, -0.15) is 0 Å². The largest absolute Gasteiger partial charge is 0.368 e. The van der Waals surface area contributed by atoms with Crippen molar-refractivity contribution in [2.75, 3.05) is 5.32 Å². The Kier molecular flexibility index (Phi) is 2.88. The zero-order valence-electron chi connectivity index (χ0n) is 8.84. The van der Waals surface area contributed by atoms with Crippen molar-refractivity contribution in [3.05, 3.63) is 17.8 Å². The number of carbonyl (C=O) groups is 1. The number of nitrogens with one attached hydrogen (secondary N) is 1. The molecule has 0 saturated carbocycles. The summed E-state index contributed by atoms with van der Waals surface area (Å²) in [4.78, 5) is 18.4. The molecule has 0 unspecified atom stereocenters. The van der Waals surface area contributed by atoms with Crippen LogP contribution >= 0.6 is 0 Å². The van der Waals surface area contributed by atoms with Gasteiger partial charge in [0.05, 0.1) is 5.69 Å². The summed E-state index contributed by atoms with van der Waals surface area (Å²) in [6.45, 7) is 4.61. The second-order valence-corrected chi connectivity index (χ2v) is 3.74. The highest BCUT2D eigenvalue weighted by Crippen LogP contribution is 2.16. The highest BCUT2D eigenvalue weighted by atomic mass is 19.1. The lowest BCUT2D eigenvalue weighted by Crippen LogP contribution is -2.45. The first kappa shape index (κ1) is 11.4. The highest BCUT2D eigenvalue weighted by molar-refractivity contribution is 5.86. The first-order valence-corrected chi connectivity index (χ1v) is 4.40. The number of amides is 1. The van der Waals surface area contributed by atoms with Crippen LogP contribution in [0, 0.1) is 12.7 Å². The van der Waals surface area contributed by atoms with Crippen LogP contribution in [-0.4, -0.2) is 21.4 Å². The van der Waals surface area contributed by atoms with Gasteiger partial charge in [0.15, 0.2) is 11.6 Å². The molecule has 1 rings (SSSR count). The van der Waals surface area contributed by atoms with Gasteiger partial charge in [-0.25, -0.2) is 14.4 Å². The van der Waals surface area contributed by atoms with Gasteiger partial charge in [0, 0.05) is 0 Å². The molecule has 6 heteroatoms. The fraction of sp³-hybridized carbons (Fsp3) is 0.444. The molecule has 1 amide bonds. The summed E-state index contributed by atoms with van der Waals surface area (Å²) in [6.07, 6.45) is 1.22. The van der Waals surface area contributed by atoms with E-state index in [9.17, 15) is 9.18 Å². The van der Waals surface area contributed by atoms with Gasteiger partial charge in [0.2, 0.25) is 5.91 Å². The lowest BCUT2D eigenvalue weighted by molar-refractivity contribution is -0.121. The molecule has 0 radical (unpaired) electrons. The third kappa shape index (κ3) is 2.39. The number of nitrogens with two attached hydrogens (primary N) is 1. The molecule has 0 spiro atoms. The summed E-state index contributed by atoms with van der Waals surface area (Å²) in [5, 5.41) is 2.63. The van der Waals surface area contributed by atoms with Gasteiger partial charge < -0.3 is 11.1 Å². The maximum absolute atomic E-state index is 13.5. The summed E-state index contributed by atoms with van der Waals surface area (Å²) in [6, 6.07) is 0. The smallest absolute Gasteiger partial charge is 0.242 e. The predicted octanol–water partition coefficient (Wildman–Crippen LogP) is 0.600. The zero-order valence-corrected chi connectivity index (χ0v) is 8.84. The van der Waals surface area contributed by atoms with Crippen LogP contribution in [0.3, 0.4) is 0 Å². The lowest BCUT2D eigenvalue weighted by atomic mass is 10.1. The van der Waals surface area contributed by atoms with E-state index in [0.717, 1.165) is 0 Å². The van der Waals surface area contributed by atoms with Crippen LogP contribution in [0.15, 0.2) is 6.33 Å². The van der Waals surface area contributed by atoms with Gasteiger partial charge in [0.25, 0.3) is 0 Å². The Morgan fingerprint density at radius 1 is 1.53 bits per heavy atom. The van der Waals surface area contributed by atoms with Gasteiger partial charge in [0.1, 0.15) is 11.9 Å². The number of aryl methyl sites for hydroxylation is 1. The van der Waals surface area contributed by atoms with Crippen molar-refractivity contribution in [3.8, 4) is 0 Å². The van der Waals surface area contributed by atoms with E-state index in [1.807, 2.05) is 0 Å². The van der Waals surface area contributed by atoms with Crippen molar-refractivity contribution in [1.29, 1.82) is 0 Å². The number of halogens is 1. The molecule has 0 atom stereocenters. The maximum Gasteiger partial charge on any atom is 0.242 e. The number of carbonyl (C=O) groups excluding carboxylic acids is 1. The standard InChI is InChI=1S/C9H13FN4O/c1-5-6(10)7(13-4-12-5)14-9(2,3)8(11)15/h4H,1-3H3,(H2,11,15)(H,12,13,14). The van der Waals surface area contributed by atoms with E-state index in [4.69, 9.17) is 5.73 Å². The Balaban J connectivity index is 3.00. The van der Waals surface area contributed by atoms with Gasteiger partial charge in [-0.05, 0) is 20.8 Å². The second-order valence-electron chi connectivity index (χ2n) is 3.74. The second kappa shape index (κ2) is 3.80. The molecule has 3 N–H and O–H groups in total. The number of primary amides is 1. The third-order valence-corrected chi connectivity index (χ3v) is 2.01. The van der Waals surface area contributed by atoms with Crippen molar-refractivity contribution in [2.45, 2.75) is 26.3 Å². The quantitative estimate of drug-likeness (QED) is 0.768. The molecule has 1 aromatic rings. The van der Waals surface area contributed by atoms with Crippen LogP contribution in [0.25, 0.3) is 0 Å². The zero-order chi connectivity index (χ0) is 11.6. The molecule has 0 aliphatic carbocycles. The normalized spacial score (nSPS) is 11.2. The van der Waals surface area contributed by atoms with E-state index in [0.29, 0.717) is 0 Å². The lowest BCUT2D eigenvalue weighted by Gasteiger charge is -2.23. The molecule has 1 heterocycles. The van der Waals surface area contributed by atoms with Crippen molar-refractivity contribution in [3.63, 3.8) is 0 Å². The van der Waals surface area contributed by atoms with E-state index in [1.165, 1.54) is 13.3 Å². The average molecular weight is 212 g/mol. The number of rotatable bonds is 3. The summed E-state index contributed by atoms with van der Waals surface area (Å²) in [7, 11) is 0. The van der Waals surface area contributed by atoms with Crippen LogP contribution in [-0.2, 0) is 4.79 Å². The fourth-order valence-electron chi connectivity index (χ4n) is 0.903. The SMILES string of the molecule is Cc1ncnc(NC(C)(C)C(N)=O)c1F. The number of hydrogen-bond acceptors (Lipinski definition) is 4. The van der Waals surface area contributed by atoms with E-state index < -0.39 is 17.3 Å². The third-order valence-electron chi connectivity index (χ3n) is 2.01. The number of anilines is 1. The van der Waals surface area contributed by atoms with Crippen LogP contribution in [0.4, 0.5) is 10.2 Å². The highest BCUT2D eigenvalue weighted by Gasteiger charge is 2.26. The van der Waals surface area contributed by atoms with Gasteiger partial charge >= 0.3 is 0 Å². The predicted molar refractivity (Wildman–Crippen MR) is 53.6 cm³/mol. The summed E-state index contributed by atoms with van der Waals surface area (Å²) >= 11 is 0. The van der Waals surface area contributed by atoms with Gasteiger partial charge in [-0.15, -0.1) is 0 Å². The molecule has 15 heavy (non-hydrogen) atoms. The average Bonchev–Trinajstić information content (AvgIpc) is 2.12. The summed E-state index contributed by atoms with van der Waals surface area (Å²) in [5.74, 6) is -1.18. The first-order chi connectivity index (χ1) is 6.84. The summed E-state index contributed by atoms with van der Waals surface area (Å²) in [5.41, 5.74) is 4.30. The van der Waals surface area contributed by atoms with Crippen molar-refractivity contribution < 1.29 is 9.18 Å². The molecular formula is C9H13FN4O. The van der Waals surface area contributed by atoms with Crippen molar-refractivity contribution in [2.24, 2.45) is 5.73 Å². The Labute approximate surface area is 86.9 Å². The minimum absolute atomic E-state index is 0.0219. The van der Waals surface area contributed by atoms with Gasteiger partial charge in [-0.1, -0.05) is 0 Å². The molecule has 0 saturated heterocycles. The van der Waals surface area contributed by atoms with Crippen molar-refractivity contribution in [1.82, 2.24) is 9.97 Å². The molecule has 0 aromatic carbocycles. The minimum Gasteiger partial charge on any atom is -0.368 e. The molecule has 0 aliphatic rings. The van der Waals surface area contributed by atoms with Crippen LogP contribution in [0.2, 0.25) is 0 Å². The van der Waals surface area contributed by atoms with Crippen LogP contribution in [0.5, 0.6) is 0 Å². The minimum atomic E-state index is -1.05. The molecular weight excluding hydrogens is 199 g/mol. The number of nitrogens with zero attached hydrogens (tertiary/aromatic N) is 2. The van der Waals surface area contributed by atoms with E-state index in [1.54, 1.807) is 13.8 Å². The molecule has 1 aromatic heterocycles. The van der Waals surface area contributed by atoms with Crippen LogP contribution < -0.4 is 11.1 Å². The summed E-state index contributed by atoms with van der Waals surface area (Å²) < 4.78 is 13.5. The molecule has 0 aliphatic heterocycles. The van der Waals surface area contributed by atoms with Crippen molar-refractivity contribution >= 4 is 11.7 Å². The topological polar surface area (TPSA) is 80.9 Å². The Bertz CT molecular complexity index is 392. The molecule has 0 bridgehead atoms. The number of hydrogen-bond donors (Lipinski definition) is 2.